The van der Waals surface area contributed by atoms with Gasteiger partial charge in [0.1, 0.15) is 0 Å². The fourth-order valence-electron chi connectivity index (χ4n) is 1.41. The van der Waals surface area contributed by atoms with Crippen molar-refractivity contribution in [3.63, 3.8) is 0 Å². The van der Waals surface area contributed by atoms with Crippen molar-refractivity contribution in [1.82, 2.24) is 0 Å². The first-order valence-corrected chi connectivity index (χ1v) is 4.54. The summed E-state index contributed by atoms with van der Waals surface area (Å²) in [5.41, 5.74) is 1.88. The van der Waals surface area contributed by atoms with Gasteiger partial charge in [-0.25, -0.2) is 0 Å². The molecule has 0 atom stereocenters. The number of aliphatic imine (C=N–C) groups is 1. The molecule has 0 amide bonds. The maximum atomic E-state index is 4.60. The van der Waals surface area contributed by atoms with E-state index in [0.29, 0.717) is 11.3 Å². The lowest BCUT2D eigenvalue weighted by Crippen LogP contribution is -2.25. The highest BCUT2D eigenvalue weighted by molar-refractivity contribution is 5.86. The molecule has 1 nitrogen and oxygen atoms in total. The molecule has 11 heavy (non-hydrogen) atoms. The van der Waals surface area contributed by atoms with E-state index in [2.05, 4.69) is 32.7 Å². The fourth-order valence-corrected chi connectivity index (χ4v) is 1.41. The molecule has 0 spiro atoms. The molecule has 1 heteroatoms. The topological polar surface area (TPSA) is 12.4 Å². The van der Waals surface area contributed by atoms with Crippen molar-refractivity contribution in [2.45, 2.75) is 40.5 Å². The molecule has 0 aromatic heterocycles. The first-order chi connectivity index (χ1) is 5.01. The minimum Gasteiger partial charge on any atom is -0.293 e. The van der Waals surface area contributed by atoms with Gasteiger partial charge in [0.25, 0.3) is 0 Å². The van der Waals surface area contributed by atoms with E-state index in [4.69, 9.17) is 0 Å². The van der Waals surface area contributed by atoms with Crippen LogP contribution in [0.2, 0.25) is 0 Å². The van der Waals surface area contributed by atoms with E-state index in [1.54, 1.807) is 0 Å². The summed E-state index contributed by atoms with van der Waals surface area (Å²) in [5.74, 6) is 0.658. The lowest BCUT2D eigenvalue weighted by atomic mass is 9.83. The van der Waals surface area contributed by atoms with Crippen molar-refractivity contribution in [3.8, 4) is 0 Å². The average Bonchev–Trinajstić information content (AvgIpc) is 1.86. The number of nitrogens with zero attached hydrogens (tertiary/aromatic N) is 1. The summed E-state index contributed by atoms with van der Waals surface area (Å²) in [6.07, 6.45) is 2.52. The molecule has 0 N–H and O–H groups in total. The van der Waals surface area contributed by atoms with Crippen molar-refractivity contribution in [2.24, 2.45) is 16.3 Å². The lowest BCUT2D eigenvalue weighted by Gasteiger charge is -2.28. The molecule has 1 rings (SSSR count). The Kier molecular flexibility index (Phi) is 2.36. The van der Waals surface area contributed by atoms with E-state index in [0.717, 1.165) is 6.54 Å². The first-order valence-electron chi connectivity index (χ1n) is 4.54. The van der Waals surface area contributed by atoms with Crippen LogP contribution in [-0.2, 0) is 0 Å². The molecule has 1 aliphatic rings. The van der Waals surface area contributed by atoms with Crippen LogP contribution in [0.4, 0.5) is 0 Å². The van der Waals surface area contributed by atoms with E-state index in [9.17, 15) is 0 Å². The van der Waals surface area contributed by atoms with Crippen molar-refractivity contribution in [1.29, 1.82) is 0 Å². The summed E-state index contributed by atoms with van der Waals surface area (Å²) < 4.78 is 0. The Morgan fingerprint density at radius 3 is 2.36 bits per heavy atom. The van der Waals surface area contributed by atoms with Crippen molar-refractivity contribution in [2.75, 3.05) is 6.54 Å². The second kappa shape index (κ2) is 2.96. The fraction of sp³-hybridized carbons (Fsp3) is 0.900. The Morgan fingerprint density at radius 1 is 1.36 bits per heavy atom. The second-order valence-corrected chi connectivity index (χ2v) is 4.63. The zero-order chi connectivity index (χ0) is 8.48. The number of rotatable bonds is 1. The summed E-state index contributed by atoms with van der Waals surface area (Å²) in [6, 6.07) is 0. The largest absolute Gasteiger partial charge is 0.293 e. The lowest BCUT2D eigenvalue weighted by molar-refractivity contribution is 0.339. The summed E-state index contributed by atoms with van der Waals surface area (Å²) in [6.45, 7) is 10.1. The van der Waals surface area contributed by atoms with Gasteiger partial charge in [0, 0.05) is 12.3 Å². The van der Waals surface area contributed by atoms with E-state index < -0.39 is 0 Å². The van der Waals surface area contributed by atoms with E-state index in [-0.39, 0.29) is 0 Å². The van der Waals surface area contributed by atoms with Gasteiger partial charge < -0.3 is 0 Å². The molecule has 0 saturated carbocycles. The van der Waals surface area contributed by atoms with Gasteiger partial charge in [-0.3, -0.25) is 4.99 Å². The Labute approximate surface area is 69.9 Å². The van der Waals surface area contributed by atoms with Gasteiger partial charge in [0.15, 0.2) is 0 Å². The van der Waals surface area contributed by atoms with Gasteiger partial charge in [-0.1, -0.05) is 27.7 Å². The molecule has 0 aromatic rings. The third kappa shape index (κ3) is 2.32. The van der Waals surface area contributed by atoms with Crippen LogP contribution >= 0.6 is 0 Å². The van der Waals surface area contributed by atoms with Crippen LogP contribution in [0, 0.1) is 11.3 Å². The Bertz CT molecular complexity index is 166. The van der Waals surface area contributed by atoms with Gasteiger partial charge in [-0.15, -0.1) is 0 Å². The van der Waals surface area contributed by atoms with Gasteiger partial charge in [0.05, 0.1) is 0 Å². The van der Waals surface area contributed by atoms with E-state index in [1.807, 2.05) is 0 Å². The molecule has 1 heterocycles. The predicted molar refractivity (Wildman–Crippen MR) is 50.2 cm³/mol. The van der Waals surface area contributed by atoms with Crippen LogP contribution in [-0.4, -0.2) is 12.3 Å². The van der Waals surface area contributed by atoms with Crippen LogP contribution in [0.25, 0.3) is 0 Å². The molecule has 0 fully saturated rings. The molecule has 0 unspecified atom stereocenters. The Morgan fingerprint density at radius 2 is 2.00 bits per heavy atom. The zero-order valence-corrected chi connectivity index (χ0v) is 8.15. The SMILES string of the molecule is CC(C)C1=NCC(C)(C)CC1. The van der Waals surface area contributed by atoms with Crippen LogP contribution in [0.3, 0.4) is 0 Å². The predicted octanol–water partition coefficient (Wildman–Crippen LogP) is 2.90. The molecule has 1 aliphatic heterocycles. The van der Waals surface area contributed by atoms with E-state index >= 15 is 0 Å². The van der Waals surface area contributed by atoms with Crippen LogP contribution in [0.5, 0.6) is 0 Å². The van der Waals surface area contributed by atoms with Crippen LogP contribution < -0.4 is 0 Å². The van der Waals surface area contributed by atoms with E-state index in [1.165, 1.54) is 18.6 Å². The van der Waals surface area contributed by atoms with Crippen molar-refractivity contribution >= 4 is 5.71 Å². The average molecular weight is 153 g/mol. The van der Waals surface area contributed by atoms with Crippen LogP contribution in [0.15, 0.2) is 4.99 Å². The molecule has 64 valence electrons. The molecule has 0 radical (unpaired) electrons. The summed E-state index contributed by atoms with van der Waals surface area (Å²) in [5, 5.41) is 0. The maximum Gasteiger partial charge on any atom is 0.0440 e. The standard InChI is InChI=1S/C10H19N/c1-8(2)9-5-6-10(3,4)7-11-9/h8H,5-7H2,1-4H3. The minimum atomic E-state index is 0.457. The third-order valence-electron chi connectivity index (χ3n) is 2.43. The molecular formula is C10H19N. The molecule has 0 saturated heterocycles. The van der Waals surface area contributed by atoms with Gasteiger partial charge >= 0.3 is 0 Å². The highest BCUT2D eigenvalue weighted by atomic mass is 14.8. The smallest absolute Gasteiger partial charge is 0.0440 e. The zero-order valence-electron chi connectivity index (χ0n) is 8.15. The van der Waals surface area contributed by atoms with Crippen LogP contribution in [0.1, 0.15) is 40.5 Å². The Hall–Kier alpha value is -0.330. The summed E-state index contributed by atoms with van der Waals surface area (Å²) in [7, 11) is 0. The van der Waals surface area contributed by atoms with Gasteiger partial charge in [-0.2, -0.15) is 0 Å². The molecule has 0 aliphatic carbocycles. The second-order valence-electron chi connectivity index (χ2n) is 4.63. The quantitative estimate of drug-likeness (QED) is 0.549. The van der Waals surface area contributed by atoms with Gasteiger partial charge in [0.2, 0.25) is 0 Å². The normalized spacial score (nSPS) is 23.5. The third-order valence-corrected chi connectivity index (χ3v) is 2.43. The number of hydrogen-bond donors (Lipinski definition) is 0. The van der Waals surface area contributed by atoms with Crippen molar-refractivity contribution < 1.29 is 0 Å². The van der Waals surface area contributed by atoms with Crippen molar-refractivity contribution in [3.05, 3.63) is 0 Å². The molecular weight excluding hydrogens is 134 g/mol. The van der Waals surface area contributed by atoms with Gasteiger partial charge in [-0.05, 0) is 24.2 Å². The molecule has 0 bridgehead atoms. The molecule has 0 aromatic carbocycles. The minimum absolute atomic E-state index is 0.457. The maximum absolute atomic E-state index is 4.60. The summed E-state index contributed by atoms with van der Waals surface area (Å²) >= 11 is 0. The summed E-state index contributed by atoms with van der Waals surface area (Å²) in [4.78, 5) is 4.60. The highest BCUT2D eigenvalue weighted by Crippen LogP contribution is 2.28. The first kappa shape index (κ1) is 8.76. The monoisotopic (exact) mass is 153 g/mol. The Balaban J connectivity index is 2.58. The highest BCUT2D eigenvalue weighted by Gasteiger charge is 2.23. The number of hydrogen-bond acceptors (Lipinski definition) is 1.